The number of benzene rings is 2. The fraction of sp³-hybridized carbons (Fsp3) is 0.0455. The van der Waals surface area contributed by atoms with E-state index in [-0.39, 0.29) is 0 Å². The Morgan fingerprint density at radius 2 is 1.68 bits per heavy atom. The van der Waals surface area contributed by atoms with Crippen LogP contribution in [0.2, 0.25) is 0 Å². The molecule has 0 aliphatic heterocycles. The van der Waals surface area contributed by atoms with Crippen LogP contribution in [0.15, 0.2) is 77.6 Å². The summed E-state index contributed by atoms with van der Waals surface area (Å²) >= 11 is 0. The predicted octanol–water partition coefficient (Wildman–Crippen LogP) is 4.37. The molecule has 9 heteroatoms. The first-order valence-corrected chi connectivity index (χ1v) is 11.1. The van der Waals surface area contributed by atoms with Crippen molar-refractivity contribution in [1.29, 1.82) is 0 Å². The third-order valence-corrected chi connectivity index (χ3v) is 5.66. The van der Waals surface area contributed by atoms with Gasteiger partial charge in [0.05, 0.1) is 23.5 Å². The zero-order valence-corrected chi connectivity index (χ0v) is 17.0. The minimum absolute atomic E-state index is 0.355. The predicted molar refractivity (Wildman–Crippen MR) is 114 cm³/mol. The normalized spacial score (nSPS) is 11.8. The Labute approximate surface area is 176 Å². The molecule has 5 aromatic rings. The van der Waals surface area contributed by atoms with Gasteiger partial charge in [0.2, 0.25) is 5.71 Å². The molecule has 0 saturated heterocycles. The summed E-state index contributed by atoms with van der Waals surface area (Å²) in [6, 6.07) is 17.0. The van der Waals surface area contributed by atoms with Gasteiger partial charge in [-0.3, -0.25) is 0 Å². The van der Waals surface area contributed by atoms with Gasteiger partial charge < -0.3 is 4.42 Å². The number of rotatable bonds is 4. The fourth-order valence-corrected chi connectivity index (χ4v) is 3.86. The van der Waals surface area contributed by atoms with Crippen LogP contribution in [-0.2, 0) is 10.0 Å². The Morgan fingerprint density at radius 3 is 2.39 bits per heavy atom. The highest BCUT2D eigenvalue weighted by atomic mass is 32.2. The maximum absolute atomic E-state index is 13.4. The van der Waals surface area contributed by atoms with Gasteiger partial charge in [0, 0.05) is 16.7 Å². The molecule has 5 rings (SSSR count). The average Bonchev–Trinajstić information content (AvgIpc) is 3.39. The summed E-state index contributed by atoms with van der Waals surface area (Å²) in [5, 5.41) is 4.85. The molecule has 0 aliphatic carbocycles. The van der Waals surface area contributed by atoms with E-state index in [0.29, 0.717) is 39.4 Å². The molecule has 7 nitrogen and oxygen atoms in total. The number of fused-ring (bicyclic) bond motifs is 1. The van der Waals surface area contributed by atoms with Crippen molar-refractivity contribution < 1.29 is 17.2 Å². The molecule has 0 saturated carbocycles. The Bertz CT molecular complexity index is 1510. The minimum atomic E-state index is -3.66. The SMILES string of the molecule is CS(=O)(=O)n1cc(-c2ncnc3oc(-c4ccccc4)cc23)c(-c2ccc(F)cc2)n1. The van der Waals surface area contributed by atoms with Gasteiger partial charge in [-0.1, -0.05) is 30.3 Å². The van der Waals surface area contributed by atoms with Crippen LogP contribution in [0.4, 0.5) is 4.39 Å². The van der Waals surface area contributed by atoms with Crippen LogP contribution in [0.1, 0.15) is 0 Å². The number of furan rings is 1. The summed E-state index contributed by atoms with van der Waals surface area (Å²) in [6.07, 6.45) is 3.80. The van der Waals surface area contributed by atoms with E-state index in [2.05, 4.69) is 15.1 Å². The van der Waals surface area contributed by atoms with Gasteiger partial charge in [-0.25, -0.2) is 22.8 Å². The molecule has 154 valence electrons. The third-order valence-electron chi connectivity index (χ3n) is 4.79. The lowest BCUT2D eigenvalue weighted by atomic mass is 10.0. The monoisotopic (exact) mass is 434 g/mol. The molecule has 0 unspecified atom stereocenters. The second kappa shape index (κ2) is 7.13. The van der Waals surface area contributed by atoms with Gasteiger partial charge in [0.15, 0.2) is 0 Å². The minimum Gasteiger partial charge on any atom is -0.438 e. The molecule has 0 bridgehead atoms. The van der Waals surface area contributed by atoms with E-state index in [1.165, 1.54) is 36.8 Å². The lowest BCUT2D eigenvalue weighted by Gasteiger charge is -2.02. The average molecular weight is 434 g/mol. The van der Waals surface area contributed by atoms with Gasteiger partial charge in [-0.2, -0.15) is 9.19 Å². The number of aromatic nitrogens is 4. The van der Waals surface area contributed by atoms with Crippen LogP contribution in [0.3, 0.4) is 0 Å². The molecule has 0 amide bonds. The summed E-state index contributed by atoms with van der Waals surface area (Å²) in [5.41, 5.74) is 3.07. The molecular weight excluding hydrogens is 419 g/mol. The van der Waals surface area contributed by atoms with Crippen molar-refractivity contribution in [2.24, 2.45) is 0 Å². The lowest BCUT2D eigenvalue weighted by molar-refractivity contribution is 0.586. The van der Waals surface area contributed by atoms with Crippen molar-refractivity contribution in [1.82, 2.24) is 19.2 Å². The van der Waals surface area contributed by atoms with Crippen LogP contribution >= 0.6 is 0 Å². The largest absolute Gasteiger partial charge is 0.438 e. The first-order chi connectivity index (χ1) is 14.9. The molecule has 3 aromatic heterocycles. The van der Waals surface area contributed by atoms with Crippen LogP contribution in [0.25, 0.3) is 44.9 Å². The van der Waals surface area contributed by atoms with Gasteiger partial charge in [-0.15, -0.1) is 0 Å². The maximum atomic E-state index is 13.4. The molecule has 0 N–H and O–H groups in total. The van der Waals surface area contributed by atoms with Crippen LogP contribution in [-0.4, -0.2) is 33.8 Å². The first-order valence-electron chi connectivity index (χ1n) is 9.26. The van der Waals surface area contributed by atoms with Gasteiger partial charge in [0.1, 0.15) is 23.6 Å². The molecule has 2 aromatic carbocycles. The Kier molecular flexibility index (Phi) is 4.40. The lowest BCUT2D eigenvalue weighted by Crippen LogP contribution is -2.10. The number of halogens is 1. The standard InChI is InChI=1S/C22H15FN4O3S/c1-31(28,29)27-12-18(20(26-27)15-7-9-16(23)10-8-15)21-17-11-19(14-5-3-2-4-6-14)30-22(17)25-13-24-21/h2-13H,1H3. The molecule has 0 aliphatic rings. The summed E-state index contributed by atoms with van der Waals surface area (Å²) in [5.74, 6) is 0.204. The van der Waals surface area contributed by atoms with Crippen molar-refractivity contribution in [3.8, 4) is 33.8 Å². The number of hydrogen-bond acceptors (Lipinski definition) is 6. The zero-order chi connectivity index (χ0) is 21.6. The van der Waals surface area contributed by atoms with Crippen LogP contribution < -0.4 is 0 Å². The molecule has 3 heterocycles. The first kappa shape index (κ1) is 19.1. The molecule has 0 atom stereocenters. The highest BCUT2D eigenvalue weighted by Gasteiger charge is 2.22. The van der Waals surface area contributed by atoms with E-state index in [4.69, 9.17) is 4.42 Å². The highest BCUT2D eigenvalue weighted by molar-refractivity contribution is 7.89. The Hall–Kier alpha value is -3.85. The smallest absolute Gasteiger partial charge is 0.250 e. The second-order valence-electron chi connectivity index (χ2n) is 6.95. The maximum Gasteiger partial charge on any atom is 0.250 e. The van der Waals surface area contributed by atoms with E-state index in [0.717, 1.165) is 15.9 Å². The summed E-state index contributed by atoms with van der Waals surface area (Å²) in [4.78, 5) is 8.60. The Morgan fingerprint density at radius 1 is 0.935 bits per heavy atom. The van der Waals surface area contributed by atoms with Gasteiger partial charge in [-0.05, 0) is 30.3 Å². The molecule has 0 fully saturated rings. The van der Waals surface area contributed by atoms with E-state index < -0.39 is 15.8 Å². The molecule has 31 heavy (non-hydrogen) atoms. The number of nitrogens with zero attached hydrogens (tertiary/aromatic N) is 4. The molecule has 0 radical (unpaired) electrons. The second-order valence-corrected chi connectivity index (χ2v) is 8.79. The molecule has 0 spiro atoms. The topological polar surface area (TPSA) is 90.9 Å². The van der Waals surface area contributed by atoms with E-state index in [1.54, 1.807) is 0 Å². The quantitative estimate of drug-likeness (QED) is 0.417. The van der Waals surface area contributed by atoms with Crippen LogP contribution in [0, 0.1) is 5.82 Å². The van der Waals surface area contributed by atoms with E-state index in [1.807, 2.05) is 36.4 Å². The van der Waals surface area contributed by atoms with Crippen molar-refractivity contribution >= 4 is 21.1 Å². The zero-order valence-electron chi connectivity index (χ0n) is 16.2. The van der Waals surface area contributed by atoms with Crippen molar-refractivity contribution in [2.45, 2.75) is 0 Å². The molecular formula is C22H15FN4O3S. The van der Waals surface area contributed by atoms with E-state index in [9.17, 15) is 12.8 Å². The van der Waals surface area contributed by atoms with Crippen LogP contribution in [0.5, 0.6) is 0 Å². The third kappa shape index (κ3) is 3.49. The van der Waals surface area contributed by atoms with Crippen molar-refractivity contribution in [2.75, 3.05) is 6.26 Å². The van der Waals surface area contributed by atoms with Crippen molar-refractivity contribution in [3.63, 3.8) is 0 Å². The Balaban J connectivity index is 1.75. The van der Waals surface area contributed by atoms with Crippen molar-refractivity contribution in [3.05, 3.63) is 79.0 Å². The summed E-state index contributed by atoms with van der Waals surface area (Å²) in [6.45, 7) is 0. The summed E-state index contributed by atoms with van der Waals surface area (Å²) < 4.78 is 44.5. The fourth-order valence-electron chi connectivity index (χ4n) is 3.33. The summed E-state index contributed by atoms with van der Waals surface area (Å²) in [7, 11) is -3.66. The van der Waals surface area contributed by atoms with Gasteiger partial charge >= 0.3 is 0 Å². The number of hydrogen-bond donors (Lipinski definition) is 0. The van der Waals surface area contributed by atoms with Gasteiger partial charge in [0.25, 0.3) is 10.0 Å². The van der Waals surface area contributed by atoms with E-state index >= 15 is 0 Å². The highest BCUT2D eigenvalue weighted by Crippen LogP contribution is 2.36.